The van der Waals surface area contributed by atoms with Crippen LogP contribution in [-0.2, 0) is 11.2 Å². The molecule has 0 atom stereocenters. The Labute approximate surface area is 177 Å². The molecule has 0 saturated carbocycles. The van der Waals surface area contributed by atoms with E-state index in [0.29, 0.717) is 33.8 Å². The van der Waals surface area contributed by atoms with E-state index in [4.69, 9.17) is 9.84 Å². The van der Waals surface area contributed by atoms with E-state index in [9.17, 15) is 14.4 Å². The first-order valence-electron chi connectivity index (χ1n) is 9.75. The van der Waals surface area contributed by atoms with Crippen molar-refractivity contribution in [3.05, 3.63) is 107 Å². The van der Waals surface area contributed by atoms with Crippen LogP contribution in [0.25, 0.3) is 10.8 Å². The fourth-order valence-electron chi connectivity index (χ4n) is 3.95. The Morgan fingerprint density at radius 3 is 2.13 bits per heavy atom. The van der Waals surface area contributed by atoms with E-state index in [-0.39, 0.29) is 23.6 Å². The summed E-state index contributed by atoms with van der Waals surface area (Å²) in [5.41, 5.74) is 1.95. The summed E-state index contributed by atoms with van der Waals surface area (Å²) in [6.45, 7) is 0. The van der Waals surface area contributed by atoms with Crippen LogP contribution >= 0.6 is 0 Å². The molecule has 5 heteroatoms. The van der Waals surface area contributed by atoms with E-state index >= 15 is 0 Å². The molecule has 0 saturated heterocycles. The van der Waals surface area contributed by atoms with Gasteiger partial charge < -0.3 is 9.84 Å². The topological polar surface area (TPSA) is 80.7 Å². The summed E-state index contributed by atoms with van der Waals surface area (Å²) >= 11 is 0. The Kier molecular flexibility index (Phi) is 4.37. The number of aliphatic carboxylic acids is 1. The monoisotopic (exact) mass is 408 g/mol. The number of carbonyl (C=O) groups is 3. The number of hydrogen-bond acceptors (Lipinski definition) is 4. The lowest BCUT2D eigenvalue weighted by Gasteiger charge is -2.22. The highest BCUT2D eigenvalue weighted by molar-refractivity contribution is 6.31. The first-order valence-corrected chi connectivity index (χ1v) is 9.75. The number of carboxylic acids is 1. The molecule has 0 fully saturated rings. The lowest BCUT2D eigenvalue weighted by atomic mass is 9.82. The second-order valence-electron chi connectivity index (χ2n) is 7.37. The molecule has 4 aromatic carbocycles. The van der Waals surface area contributed by atoms with Crippen molar-refractivity contribution in [3.63, 3.8) is 0 Å². The standard InChI is InChI=1S/C26H16O5/c27-22(28)13-15-9-11-17(12-10-15)31-26-18-6-2-1-5-16(18)14-21-23(26)25(30)20-8-4-3-7-19(20)24(21)29/h1-12,14H,13H2,(H,27,28). The van der Waals surface area contributed by atoms with E-state index in [1.54, 1.807) is 54.6 Å². The molecule has 1 N–H and O–H groups in total. The predicted molar refractivity (Wildman–Crippen MR) is 115 cm³/mol. The van der Waals surface area contributed by atoms with Crippen LogP contribution in [0.5, 0.6) is 11.5 Å². The first kappa shape index (κ1) is 18.8. The summed E-state index contributed by atoms with van der Waals surface area (Å²) in [4.78, 5) is 37.5. The highest BCUT2D eigenvalue weighted by atomic mass is 16.5. The van der Waals surface area contributed by atoms with Crippen molar-refractivity contribution in [2.45, 2.75) is 6.42 Å². The number of carbonyl (C=O) groups excluding carboxylic acids is 2. The number of fused-ring (bicyclic) bond motifs is 3. The van der Waals surface area contributed by atoms with E-state index in [0.717, 1.165) is 10.8 Å². The fraction of sp³-hybridized carbons (Fsp3) is 0.0385. The third kappa shape index (κ3) is 3.16. The Balaban J connectivity index is 1.68. The number of hydrogen-bond donors (Lipinski definition) is 1. The SMILES string of the molecule is O=C(O)Cc1ccc(Oc2c3c(cc4ccccc24)C(=O)c2ccccc2C3=O)cc1. The summed E-state index contributed by atoms with van der Waals surface area (Å²) in [5, 5.41) is 10.5. The average molecular weight is 408 g/mol. The van der Waals surface area contributed by atoms with E-state index in [1.807, 2.05) is 24.3 Å². The molecule has 0 aromatic heterocycles. The van der Waals surface area contributed by atoms with Crippen LogP contribution < -0.4 is 4.74 Å². The number of rotatable bonds is 4. The van der Waals surface area contributed by atoms with Gasteiger partial charge in [-0.15, -0.1) is 0 Å². The zero-order chi connectivity index (χ0) is 21.5. The van der Waals surface area contributed by atoms with Gasteiger partial charge in [0, 0.05) is 22.1 Å². The van der Waals surface area contributed by atoms with Gasteiger partial charge in [-0.05, 0) is 29.1 Å². The van der Waals surface area contributed by atoms with Crippen molar-refractivity contribution in [1.29, 1.82) is 0 Å². The highest BCUT2D eigenvalue weighted by Gasteiger charge is 2.33. The molecule has 150 valence electrons. The molecule has 0 aliphatic heterocycles. The zero-order valence-corrected chi connectivity index (χ0v) is 16.3. The highest BCUT2D eigenvalue weighted by Crippen LogP contribution is 2.40. The molecular formula is C26H16O5. The van der Waals surface area contributed by atoms with E-state index in [1.165, 1.54) is 0 Å². The Morgan fingerprint density at radius 2 is 1.42 bits per heavy atom. The molecule has 0 heterocycles. The summed E-state index contributed by atoms with van der Waals surface area (Å²) in [6.07, 6.45) is -0.0896. The Hall–Kier alpha value is -4.25. The normalized spacial score (nSPS) is 12.4. The lowest BCUT2D eigenvalue weighted by Crippen LogP contribution is -2.21. The quantitative estimate of drug-likeness (QED) is 0.451. The van der Waals surface area contributed by atoms with Crippen molar-refractivity contribution >= 4 is 28.3 Å². The molecular weight excluding hydrogens is 392 g/mol. The number of ketones is 2. The van der Waals surface area contributed by atoms with Gasteiger partial charge in [0.25, 0.3) is 0 Å². The minimum Gasteiger partial charge on any atom is -0.481 e. The van der Waals surface area contributed by atoms with Crippen LogP contribution in [0.4, 0.5) is 0 Å². The van der Waals surface area contributed by atoms with E-state index < -0.39 is 5.97 Å². The minimum absolute atomic E-state index is 0.0896. The maximum Gasteiger partial charge on any atom is 0.307 e. The molecule has 0 unspecified atom stereocenters. The summed E-state index contributed by atoms with van der Waals surface area (Å²) in [5.74, 6) is -0.607. The van der Waals surface area contributed by atoms with Crippen molar-refractivity contribution in [2.24, 2.45) is 0 Å². The van der Waals surface area contributed by atoms with Gasteiger partial charge in [0.2, 0.25) is 0 Å². The van der Waals surface area contributed by atoms with Crippen LogP contribution in [0.3, 0.4) is 0 Å². The molecule has 1 aliphatic carbocycles. The average Bonchev–Trinajstić information content (AvgIpc) is 2.78. The fourth-order valence-corrected chi connectivity index (χ4v) is 3.95. The number of ether oxygens (including phenoxy) is 1. The minimum atomic E-state index is -0.917. The van der Waals surface area contributed by atoms with Gasteiger partial charge in [0.1, 0.15) is 11.5 Å². The molecule has 0 bridgehead atoms. The van der Waals surface area contributed by atoms with Crippen molar-refractivity contribution in [3.8, 4) is 11.5 Å². The maximum atomic E-state index is 13.4. The predicted octanol–water partition coefficient (Wildman–Crippen LogP) is 5.03. The Bertz CT molecular complexity index is 1380. The maximum absolute atomic E-state index is 13.4. The Morgan fingerprint density at radius 1 is 0.774 bits per heavy atom. The number of carboxylic acid groups (broad SMARTS) is 1. The zero-order valence-electron chi connectivity index (χ0n) is 16.3. The van der Waals surface area contributed by atoms with Gasteiger partial charge in [0.05, 0.1) is 12.0 Å². The van der Waals surface area contributed by atoms with Crippen molar-refractivity contribution < 1.29 is 24.2 Å². The van der Waals surface area contributed by atoms with Gasteiger partial charge in [0.15, 0.2) is 11.6 Å². The van der Waals surface area contributed by atoms with Crippen LogP contribution in [0, 0.1) is 0 Å². The van der Waals surface area contributed by atoms with Crippen LogP contribution in [0.2, 0.25) is 0 Å². The molecule has 5 rings (SSSR count). The molecule has 0 radical (unpaired) electrons. The second-order valence-corrected chi connectivity index (χ2v) is 7.37. The van der Waals surface area contributed by atoms with Gasteiger partial charge >= 0.3 is 5.97 Å². The molecule has 0 spiro atoms. The molecule has 5 nitrogen and oxygen atoms in total. The van der Waals surface area contributed by atoms with Crippen molar-refractivity contribution in [1.82, 2.24) is 0 Å². The smallest absolute Gasteiger partial charge is 0.307 e. The molecule has 0 amide bonds. The van der Waals surface area contributed by atoms with Crippen LogP contribution in [0.1, 0.15) is 37.4 Å². The lowest BCUT2D eigenvalue weighted by molar-refractivity contribution is -0.136. The molecule has 31 heavy (non-hydrogen) atoms. The summed E-state index contributed by atoms with van der Waals surface area (Å²) in [6, 6.07) is 22.6. The van der Waals surface area contributed by atoms with Crippen molar-refractivity contribution in [2.75, 3.05) is 0 Å². The first-order chi connectivity index (χ1) is 15.0. The molecule has 4 aromatic rings. The van der Waals surface area contributed by atoms with Gasteiger partial charge in [-0.2, -0.15) is 0 Å². The molecule has 1 aliphatic rings. The van der Waals surface area contributed by atoms with Gasteiger partial charge in [-0.3, -0.25) is 14.4 Å². The third-order valence-corrected chi connectivity index (χ3v) is 5.39. The van der Waals surface area contributed by atoms with Crippen LogP contribution in [0.15, 0.2) is 78.9 Å². The summed E-state index contributed by atoms with van der Waals surface area (Å²) < 4.78 is 6.16. The second kappa shape index (κ2) is 7.22. The van der Waals surface area contributed by atoms with Gasteiger partial charge in [-0.25, -0.2) is 0 Å². The third-order valence-electron chi connectivity index (χ3n) is 5.39. The van der Waals surface area contributed by atoms with Gasteiger partial charge in [-0.1, -0.05) is 60.7 Å². The largest absolute Gasteiger partial charge is 0.481 e. The summed E-state index contributed by atoms with van der Waals surface area (Å²) in [7, 11) is 0. The van der Waals surface area contributed by atoms with Crippen LogP contribution in [-0.4, -0.2) is 22.6 Å². The number of benzene rings is 4. The van der Waals surface area contributed by atoms with E-state index in [2.05, 4.69) is 0 Å².